The molecule has 18 heavy (non-hydrogen) atoms. The molecule has 3 nitrogen and oxygen atoms in total. The van der Waals surface area contributed by atoms with Crippen molar-refractivity contribution in [3.05, 3.63) is 35.9 Å². The zero-order chi connectivity index (χ0) is 12.8. The molecule has 0 amide bonds. The van der Waals surface area contributed by atoms with Gasteiger partial charge in [0.05, 0.1) is 0 Å². The molecule has 0 spiro atoms. The fourth-order valence-electron chi connectivity index (χ4n) is 2.37. The normalized spacial score (nSPS) is 20.6. The lowest BCUT2D eigenvalue weighted by atomic mass is 9.92. The molecule has 1 heterocycles. The summed E-state index contributed by atoms with van der Waals surface area (Å²) in [5, 5.41) is 3.61. The average molecular weight is 248 g/mol. The van der Waals surface area contributed by atoms with Gasteiger partial charge in [0.15, 0.2) is 0 Å². The molecule has 0 saturated carbocycles. The minimum Gasteiger partial charge on any atom is -0.381 e. The molecule has 1 saturated heterocycles. The first-order chi connectivity index (χ1) is 8.68. The van der Waals surface area contributed by atoms with Crippen LogP contribution in [-0.2, 0) is 11.2 Å². The largest absolute Gasteiger partial charge is 0.381 e. The molecule has 2 rings (SSSR count). The van der Waals surface area contributed by atoms with Crippen LogP contribution in [0.4, 0.5) is 0 Å². The summed E-state index contributed by atoms with van der Waals surface area (Å²) in [6, 6.07) is 10.6. The first kappa shape index (κ1) is 13.5. The molecule has 1 aliphatic rings. The van der Waals surface area contributed by atoms with Crippen LogP contribution in [-0.4, -0.2) is 31.3 Å². The highest BCUT2D eigenvalue weighted by molar-refractivity contribution is 5.15. The Morgan fingerprint density at radius 2 is 1.94 bits per heavy atom. The first-order valence-corrected chi connectivity index (χ1v) is 6.80. The van der Waals surface area contributed by atoms with Crippen LogP contribution in [0.5, 0.6) is 0 Å². The van der Waals surface area contributed by atoms with Crippen LogP contribution < -0.4 is 11.1 Å². The number of benzene rings is 1. The minimum atomic E-state index is 0.173. The van der Waals surface area contributed by atoms with Crippen molar-refractivity contribution in [2.75, 3.05) is 19.8 Å². The fraction of sp³-hybridized carbons (Fsp3) is 0.600. The molecule has 1 aromatic rings. The van der Waals surface area contributed by atoms with E-state index >= 15 is 0 Å². The van der Waals surface area contributed by atoms with Gasteiger partial charge in [-0.05, 0) is 31.7 Å². The van der Waals surface area contributed by atoms with E-state index in [1.807, 2.05) is 6.07 Å². The summed E-state index contributed by atoms with van der Waals surface area (Å²) >= 11 is 0. The molecule has 1 aliphatic heterocycles. The maximum Gasteiger partial charge on any atom is 0.0483 e. The van der Waals surface area contributed by atoms with Crippen LogP contribution in [0.1, 0.15) is 25.3 Å². The second-order valence-electron chi connectivity index (χ2n) is 5.50. The Labute approximate surface area is 110 Å². The smallest absolute Gasteiger partial charge is 0.0483 e. The van der Waals surface area contributed by atoms with Gasteiger partial charge in [-0.2, -0.15) is 0 Å². The van der Waals surface area contributed by atoms with Gasteiger partial charge in [-0.1, -0.05) is 30.3 Å². The summed E-state index contributed by atoms with van der Waals surface area (Å²) in [4.78, 5) is 0. The van der Waals surface area contributed by atoms with Crippen molar-refractivity contribution in [1.82, 2.24) is 5.32 Å². The Morgan fingerprint density at radius 1 is 1.28 bits per heavy atom. The number of ether oxygens (including phenoxy) is 1. The SMILES string of the molecule is CC1(NC[C@H](N)Cc2ccccc2)CCOCC1. The number of nitrogens with one attached hydrogen (secondary N) is 1. The topological polar surface area (TPSA) is 47.3 Å². The van der Waals surface area contributed by atoms with Crippen LogP contribution in [0.15, 0.2) is 30.3 Å². The average Bonchev–Trinajstić information content (AvgIpc) is 2.39. The predicted molar refractivity (Wildman–Crippen MR) is 74.6 cm³/mol. The summed E-state index contributed by atoms with van der Waals surface area (Å²) in [6.45, 7) is 4.85. The Bertz CT molecular complexity index is 347. The highest BCUT2D eigenvalue weighted by Crippen LogP contribution is 2.19. The number of hydrogen-bond donors (Lipinski definition) is 2. The van der Waals surface area contributed by atoms with Crippen LogP contribution in [0, 0.1) is 0 Å². The zero-order valence-electron chi connectivity index (χ0n) is 11.2. The van der Waals surface area contributed by atoms with Crippen molar-refractivity contribution < 1.29 is 4.74 Å². The van der Waals surface area contributed by atoms with E-state index in [0.717, 1.165) is 39.0 Å². The third-order valence-corrected chi connectivity index (χ3v) is 3.73. The first-order valence-electron chi connectivity index (χ1n) is 6.80. The summed E-state index contributed by atoms with van der Waals surface area (Å²) in [7, 11) is 0. The monoisotopic (exact) mass is 248 g/mol. The van der Waals surface area contributed by atoms with Crippen molar-refractivity contribution in [1.29, 1.82) is 0 Å². The highest BCUT2D eigenvalue weighted by atomic mass is 16.5. The van der Waals surface area contributed by atoms with Gasteiger partial charge in [-0.3, -0.25) is 0 Å². The molecule has 1 atom stereocenters. The van der Waals surface area contributed by atoms with E-state index in [4.69, 9.17) is 10.5 Å². The van der Waals surface area contributed by atoms with E-state index in [1.54, 1.807) is 0 Å². The van der Waals surface area contributed by atoms with Crippen molar-refractivity contribution in [3.63, 3.8) is 0 Å². The van der Waals surface area contributed by atoms with Crippen LogP contribution in [0.3, 0.4) is 0 Å². The second kappa shape index (κ2) is 6.32. The molecule has 3 N–H and O–H groups in total. The number of rotatable bonds is 5. The van der Waals surface area contributed by atoms with Gasteiger partial charge >= 0.3 is 0 Å². The van der Waals surface area contributed by atoms with Crippen molar-refractivity contribution >= 4 is 0 Å². The molecule has 1 fully saturated rings. The van der Waals surface area contributed by atoms with Gasteiger partial charge < -0.3 is 15.8 Å². The summed E-state index contributed by atoms with van der Waals surface area (Å²) < 4.78 is 5.40. The lowest BCUT2D eigenvalue weighted by molar-refractivity contribution is 0.0448. The lowest BCUT2D eigenvalue weighted by Crippen LogP contribution is -2.51. The molecule has 100 valence electrons. The maximum absolute atomic E-state index is 6.19. The summed E-state index contributed by atoms with van der Waals surface area (Å²) in [5.74, 6) is 0. The minimum absolute atomic E-state index is 0.173. The highest BCUT2D eigenvalue weighted by Gasteiger charge is 2.26. The molecule has 1 aromatic carbocycles. The van der Waals surface area contributed by atoms with E-state index < -0.39 is 0 Å². The molecular formula is C15H24N2O. The van der Waals surface area contributed by atoms with Gasteiger partial charge in [-0.25, -0.2) is 0 Å². The Kier molecular flexibility index (Phi) is 4.75. The third kappa shape index (κ3) is 4.09. The zero-order valence-corrected chi connectivity index (χ0v) is 11.2. The van der Waals surface area contributed by atoms with Crippen LogP contribution >= 0.6 is 0 Å². The van der Waals surface area contributed by atoms with E-state index in [2.05, 4.69) is 36.5 Å². The number of nitrogens with two attached hydrogens (primary N) is 1. The molecule has 0 bridgehead atoms. The second-order valence-corrected chi connectivity index (χ2v) is 5.50. The predicted octanol–water partition coefficient (Wildman–Crippen LogP) is 1.72. The molecule has 0 aromatic heterocycles. The van der Waals surface area contributed by atoms with Gasteiger partial charge in [0.25, 0.3) is 0 Å². The lowest BCUT2D eigenvalue weighted by Gasteiger charge is -2.35. The Morgan fingerprint density at radius 3 is 2.61 bits per heavy atom. The van der Waals surface area contributed by atoms with E-state index in [-0.39, 0.29) is 11.6 Å². The third-order valence-electron chi connectivity index (χ3n) is 3.73. The van der Waals surface area contributed by atoms with Gasteiger partial charge in [0, 0.05) is 31.3 Å². The van der Waals surface area contributed by atoms with Crippen LogP contribution in [0.2, 0.25) is 0 Å². The quantitative estimate of drug-likeness (QED) is 0.834. The van der Waals surface area contributed by atoms with Gasteiger partial charge in [-0.15, -0.1) is 0 Å². The van der Waals surface area contributed by atoms with Crippen molar-refractivity contribution in [3.8, 4) is 0 Å². The van der Waals surface area contributed by atoms with Crippen molar-refractivity contribution in [2.24, 2.45) is 5.73 Å². The van der Waals surface area contributed by atoms with E-state index in [9.17, 15) is 0 Å². The molecular weight excluding hydrogens is 224 g/mol. The maximum atomic E-state index is 6.19. The van der Waals surface area contributed by atoms with Crippen molar-refractivity contribution in [2.45, 2.75) is 37.8 Å². The van der Waals surface area contributed by atoms with E-state index in [0.29, 0.717) is 0 Å². The molecule has 0 aliphatic carbocycles. The molecule has 0 radical (unpaired) electrons. The van der Waals surface area contributed by atoms with Gasteiger partial charge in [0.2, 0.25) is 0 Å². The summed E-state index contributed by atoms with van der Waals surface area (Å²) in [6.07, 6.45) is 3.08. The van der Waals surface area contributed by atoms with Gasteiger partial charge in [0.1, 0.15) is 0 Å². The Hall–Kier alpha value is -0.900. The summed E-state index contributed by atoms with van der Waals surface area (Å²) in [5.41, 5.74) is 7.70. The molecule has 3 heteroatoms. The fourth-order valence-corrected chi connectivity index (χ4v) is 2.37. The number of hydrogen-bond acceptors (Lipinski definition) is 3. The van der Waals surface area contributed by atoms with E-state index in [1.165, 1.54) is 5.56 Å². The molecule has 0 unspecified atom stereocenters. The standard InChI is InChI=1S/C15H24N2O/c1-15(7-9-18-10-8-15)17-12-14(16)11-13-5-3-2-4-6-13/h2-6,14,17H,7-12,16H2,1H3/t14-/m1/s1. The van der Waals surface area contributed by atoms with Crippen LogP contribution in [0.25, 0.3) is 0 Å². The Balaban J connectivity index is 1.76.